The van der Waals surface area contributed by atoms with E-state index < -0.39 is 0 Å². The maximum absolute atomic E-state index is 5.42. The molecule has 0 aliphatic carbocycles. The van der Waals surface area contributed by atoms with Crippen LogP contribution in [-0.4, -0.2) is 4.98 Å². The summed E-state index contributed by atoms with van der Waals surface area (Å²) < 4.78 is 5.40. The highest BCUT2D eigenvalue weighted by Crippen LogP contribution is 2.18. The van der Waals surface area contributed by atoms with Gasteiger partial charge in [0.05, 0.1) is 6.54 Å². The van der Waals surface area contributed by atoms with E-state index >= 15 is 0 Å². The lowest BCUT2D eigenvalue weighted by Crippen LogP contribution is -1.94. The van der Waals surface area contributed by atoms with E-state index in [4.69, 9.17) is 10.2 Å². The van der Waals surface area contributed by atoms with Crippen LogP contribution in [0.1, 0.15) is 11.5 Å². The molecule has 68 valence electrons. The molecular formula is C9H9BrN2O. The SMILES string of the molecule is NCc1nc2ccc(CBr)cc2o1. The van der Waals surface area contributed by atoms with Crippen LogP contribution in [0.15, 0.2) is 22.6 Å². The number of alkyl halides is 1. The maximum Gasteiger partial charge on any atom is 0.209 e. The highest BCUT2D eigenvalue weighted by Gasteiger charge is 2.03. The fraction of sp³-hybridized carbons (Fsp3) is 0.222. The Bertz CT molecular complexity index is 422. The van der Waals surface area contributed by atoms with Crippen LogP contribution in [0.25, 0.3) is 11.1 Å². The molecule has 0 fully saturated rings. The van der Waals surface area contributed by atoms with Gasteiger partial charge in [-0.15, -0.1) is 0 Å². The van der Waals surface area contributed by atoms with E-state index in [2.05, 4.69) is 20.9 Å². The van der Waals surface area contributed by atoms with Crippen molar-refractivity contribution < 1.29 is 4.42 Å². The van der Waals surface area contributed by atoms with Crippen molar-refractivity contribution in [2.24, 2.45) is 5.73 Å². The predicted octanol–water partition coefficient (Wildman–Crippen LogP) is 2.18. The van der Waals surface area contributed by atoms with Gasteiger partial charge in [-0.25, -0.2) is 4.98 Å². The second-order valence-electron chi connectivity index (χ2n) is 2.75. The van der Waals surface area contributed by atoms with Crippen LogP contribution in [0.5, 0.6) is 0 Å². The third-order valence-electron chi connectivity index (χ3n) is 1.83. The number of oxazole rings is 1. The molecular weight excluding hydrogens is 232 g/mol. The maximum atomic E-state index is 5.42. The lowest BCUT2D eigenvalue weighted by atomic mass is 10.2. The van der Waals surface area contributed by atoms with Gasteiger partial charge in [-0.1, -0.05) is 22.0 Å². The number of rotatable bonds is 2. The molecule has 1 aromatic carbocycles. The first-order chi connectivity index (χ1) is 6.33. The zero-order valence-corrected chi connectivity index (χ0v) is 8.54. The number of aromatic nitrogens is 1. The monoisotopic (exact) mass is 240 g/mol. The van der Waals surface area contributed by atoms with Crippen molar-refractivity contribution in [2.45, 2.75) is 11.9 Å². The Kier molecular flexibility index (Phi) is 2.33. The van der Waals surface area contributed by atoms with E-state index in [1.807, 2.05) is 18.2 Å². The van der Waals surface area contributed by atoms with Gasteiger partial charge in [0, 0.05) is 5.33 Å². The van der Waals surface area contributed by atoms with Crippen LogP contribution in [0, 0.1) is 0 Å². The molecule has 0 aliphatic heterocycles. The number of nitrogens with zero attached hydrogens (tertiary/aromatic N) is 1. The van der Waals surface area contributed by atoms with Crippen molar-refractivity contribution in [1.82, 2.24) is 4.98 Å². The first kappa shape index (κ1) is 8.72. The van der Waals surface area contributed by atoms with Gasteiger partial charge in [0.1, 0.15) is 5.52 Å². The molecule has 0 aliphatic rings. The summed E-state index contributed by atoms with van der Waals surface area (Å²) in [6.07, 6.45) is 0. The number of halogens is 1. The summed E-state index contributed by atoms with van der Waals surface area (Å²) in [6.45, 7) is 0.346. The lowest BCUT2D eigenvalue weighted by molar-refractivity contribution is 0.533. The van der Waals surface area contributed by atoms with Crippen molar-refractivity contribution >= 4 is 27.0 Å². The molecule has 0 saturated carbocycles. The summed E-state index contributed by atoms with van der Waals surface area (Å²) in [5.41, 5.74) is 8.26. The van der Waals surface area contributed by atoms with Gasteiger partial charge >= 0.3 is 0 Å². The normalized spacial score (nSPS) is 10.9. The summed E-state index contributed by atoms with van der Waals surface area (Å²) in [7, 11) is 0. The molecule has 2 rings (SSSR count). The Hall–Kier alpha value is -0.870. The lowest BCUT2D eigenvalue weighted by Gasteiger charge is -1.91. The first-order valence-corrected chi connectivity index (χ1v) is 5.10. The molecule has 0 spiro atoms. The molecule has 0 radical (unpaired) electrons. The van der Waals surface area contributed by atoms with Crippen molar-refractivity contribution in [1.29, 1.82) is 0 Å². The summed E-state index contributed by atoms with van der Waals surface area (Å²) in [6, 6.07) is 5.92. The van der Waals surface area contributed by atoms with Gasteiger partial charge in [-0.05, 0) is 17.7 Å². The van der Waals surface area contributed by atoms with Crippen molar-refractivity contribution in [3.05, 3.63) is 29.7 Å². The minimum atomic E-state index is 0.346. The smallest absolute Gasteiger partial charge is 0.209 e. The second-order valence-corrected chi connectivity index (χ2v) is 3.31. The molecule has 3 nitrogen and oxygen atoms in total. The van der Waals surface area contributed by atoms with Crippen molar-refractivity contribution in [2.75, 3.05) is 0 Å². The van der Waals surface area contributed by atoms with Gasteiger partial charge in [-0.3, -0.25) is 0 Å². The second kappa shape index (κ2) is 3.47. The Morgan fingerprint density at radius 3 is 3.00 bits per heavy atom. The van der Waals surface area contributed by atoms with Gasteiger partial charge in [0.15, 0.2) is 5.58 Å². The minimum absolute atomic E-state index is 0.346. The van der Waals surface area contributed by atoms with Gasteiger partial charge < -0.3 is 10.2 Å². The molecule has 2 aromatic rings. The van der Waals surface area contributed by atoms with E-state index in [-0.39, 0.29) is 0 Å². The van der Waals surface area contributed by atoms with Crippen LogP contribution in [0.2, 0.25) is 0 Å². The van der Waals surface area contributed by atoms with E-state index in [0.717, 1.165) is 16.4 Å². The molecule has 0 atom stereocenters. The fourth-order valence-corrected chi connectivity index (χ4v) is 1.54. The number of hydrogen-bond acceptors (Lipinski definition) is 3. The largest absolute Gasteiger partial charge is 0.439 e. The Morgan fingerprint density at radius 1 is 1.46 bits per heavy atom. The van der Waals surface area contributed by atoms with Gasteiger partial charge in [0.25, 0.3) is 0 Å². The summed E-state index contributed by atoms with van der Waals surface area (Å²) in [4.78, 5) is 4.20. The average Bonchev–Trinajstić information content (AvgIpc) is 2.58. The molecule has 13 heavy (non-hydrogen) atoms. The average molecular weight is 241 g/mol. The molecule has 1 aromatic heterocycles. The van der Waals surface area contributed by atoms with E-state index in [1.165, 1.54) is 5.56 Å². The third kappa shape index (κ3) is 1.59. The first-order valence-electron chi connectivity index (χ1n) is 3.98. The van der Waals surface area contributed by atoms with Gasteiger partial charge in [0.2, 0.25) is 5.89 Å². The molecule has 0 unspecified atom stereocenters. The molecule has 4 heteroatoms. The van der Waals surface area contributed by atoms with E-state index in [9.17, 15) is 0 Å². The number of fused-ring (bicyclic) bond motifs is 1. The number of hydrogen-bond donors (Lipinski definition) is 1. The minimum Gasteiger partial charge on any atom is -0.439 e. The predicted molar refractivity (Wildman–Crippen MR) is 54.5 cm³/mol. The zero-order valence-electron chi connectivity index (χ0n) is 6.96. The zero-order chi connectivity index (χ0) is 9.26. The third-order valence-corrected chi connectivity index (χ3v) is 2.47. The highest BCUT2D eigenvalue weighted by atomic mass is 79.9. The molecule has 0 bridgehead atoms. The van der Waals surface area contributed by atoms with E-state index in [0.29, 0.717) is 12.4 Å². The van der Waals surface area contributed by atoms with Crippen LogP contribution in [0.4, 0.5) is 0 Å². The molecule has 0 saturated heterocycles. The highest BCUT2D eigenvalue weighted by molar-refractivity contribution is 9.08. The van der Waals surface area contributed by atoms with Crippen LogP contribution in [0.3, 0.4) is 0 Å². The Balaban J connectivity index is 2.57. The number of benzene rings is 1. The van der Waals surface area contributed by atoms with Gasteiger partial charge in [-0.2, -0.15) is 0 Å². The Labute approximate surface area is 84.1 Å². The summed E-state index contributed by atoms with van der Waals surface area (Å²) in [5, 5.41) is 0.821. The van der Waals surface area contributed by atoms with Crippen molar-refractivity contribution in [3.8, 4) is 0 Å². The molecule has 1 heterocycles. The Morgan fingerprint density at radius 2 is 2.31 bits per heavy atom. The van der Waals surface area contributed by atoms with Crippen molar-refractivity contribution in [3.63, 3.8) is 0 Å². The molecule has 2 N–H and O–H groups in total. The van der Waals surface area contributed by atoms with E-state index in [1.54, 1.807) is 0 Å². The van der Waals surface area contributed by atoms with Crippen LogP contribution in [-0.2, 0) is 11.9 Å². The number of nitrogens with two attached hydrogens (primary N) is 1. The summed E-state index contributed by atoms with van der Waals surface area (Å²) >= 11 is 3.38. The van der Waals surface area contributed by atoms with Crippen LogP contribution < -0.4 is 5.73 Å². The standard InChI is InChI=1S/C9H9BrN2O/c10-4-6-1-2-7-8(3-6)13-9(5-11)12-7/h1-3H,4-5,11H2. The van der Waals surface area contributed by atoms with Crippen LogP contribution >= 0.6 is 15.9 Å². The topological polar surface area (TPSA) is 52.0 Å². The molecule has 0 amide bonds. The quantitative estimate of drug-likeness (QED) is 0.820. The summed E-state index contributed by atoms with van der Waals surface area (Å²) in [5.74, 6) is 0.585. The fourth-order valence-electron chi connectivity index (χ4n) is 1.19.